The minimum Gasteiger partial charge on any atom is -0.273 e. The number of thiophene rings is 1. The van der Waals surface area contributed by atoms with E-state index in [1.165, 1.54) is 17.7 Å². The highest BCUT2D eigenvalue weighted by Gasteiger charge is 2.31. The summed E-state index contributed by atoms with van der Waals surface area (Å²) in [6, 6.07) is 10.3. The number of rotatable bonds is 4. The highest BCUT2D eigenvalue weighted by molar-refractivity contribution is 7.11. The fraction of sp³-hybridized carbons (Fsp3) is 0.263. The highest BCUT2D eigenvalue weighted by atomic mass is 32.1. The molecule has 1 aromatic heterocycles. The molecule has 0 aliphatic heterocycles. The molecular formula is C19H19FN2OS. The standard InChI is InChI=1S/C19H19FN2OS/c1-13-4-9-17(18(11-13)14-5-7-15(20)8-6-14)19(23)22-21-12-16-3-2-10-24-16/h2-8,10,12,17-18H,9,11H2,1H3,(H,22,23)/b21-12+. The van der Waals surface area contributed by atoms with Crippen LogP contribution in [0.15, 0.2) is 58.5 Å². The lowest BCUT2D eigenvalue weighted by atomic mass is 9.75. The summed E-state index contributed by atoms with van der Waals surface area (Å²) in [6.45, 7) is 2.07. The second kappa shape index (κ2) is 7.53. The van der Waals surface area contributed by atoms with E-state index in [2.05, 4.69) is 23.5 Å². The first-order valence-corrected chi connectivity index (χ1v) is 8.79. The third kappa shape index (κ3) is 3.97. The van der Waals surface area contributed by atoms with E-state index in [0.29, 0.717) is 6.42 Å². The number of benzene rings is 1. The number of carbonyl (C=O) groups excluding carboxylic acids is 1. The Labute approximate surface area is 144 Å². The van der Waals surface area contributed by atoms with Gasteiger partial charge in [-0.05, 0) is 54.8 Å². The van der Waals surface area contributed by atoms with Crippen molar-refractivity contribution in [1.82, 2.24) is 5.43 Å². The van der Waals surface area contributed by atoms with Gasteiger partial charge in [0, 0.05) is 4.88 Å². The fourth-order valence-corrected chi connectivity index (χ4v) is 3.61. The van der Waals surface area contributed by atoms with Gasteiger partial charge in [-0.1, -0.05) is 29.8 Å². The van der Waals surface area contributed by atoms with E-state index in [0.717, 1.165) is 16.9 Å². The summed E-state index contributed by atoms with van der Waals surface area (Å²) in [4.78, 5) is 13.5. The predicted octanol–water partition coefficient (Wildman–Crippen LogP) is 4.48. The smallest absolute Gasteiger partial charge is 0.244 e. The van der Waals surface area contributed by atoms with Gasteiger partial charge in [-0.2, -0.15) is 5.10 Å². The maximum atomic E-state index is 13.2. The number of allylic oxidation sites excluding steroid dienone is 2. The summed E-state index contributed by atoms with van der Waals surface area (Å²) < 4.78 is 13.2. The Kier molecular flexibility index (Phi) is 5.20. The molecule has 0 saturated heterocycles. The van der Waals surface area contributed by atoms with Crippen molar-refractivity contribution in [3.63, 3.8) is 0 Å². The molecular weight excluding hydrogens is 323 g/mol. The molecule has 0 radical (unpaired) electrons. The molecule has 1 aliphatic rings. The lowest BCUT2D eigenvalue weighted by Crippen LogP contribution is -2.32. The molecule has 2 atom stereocenters. The molecule has 0 fully saturated rings. The molecule has 24 heavy (non-hydrogen) atoms. The third-order valence-electron chi connectivity index (χ3n) is 4.29. The molecule has 0 saturated carbocycles. The monoisotopic (exact) mass is 342 g/mol. The number of hydrogen-bond acceptors (Lipinski definition) is 3. The average molecular weight is 342 g/mol. The van der Waals surface area contributed by atoms with Crippen molar-refractivity contribution in [3.05, 3.63) is 69.7 Å². The number of nitrogens with zero attached hydrogens (tertiary/aromatic N) is 1. The van der Waals surface area contributed by atoms with Crippen molar-refractivity contribution in [2.75, 3.05) is 0 Å². The molecule has 124 valence electrons. The van der Waals surface area contributed by atoms with E-state index < -0.39 is 0 Å². The van der Waals surface area contributed by atoms with E-state index in [9.17, 15) is 9.18 Å². The van der Waals surface area contributed by atoms with Crippen LogP contribution in [0.4, 0.5) is 4.39 Å². The number of halogens is 1. The summed E-state index contributed by atoms with van der Waals surface area (Å²) in [7, 11) is 0. The van der Waals surface area contributed by atoms with Crippen molar-refractivity contribution in [2.45, 2.75) is 25.7 Å². The van der Waals surface area contributed by atoms with Crippen molar-refractivity contribution < 1.29 is 9.18 Å². The Morgan fingerprint density at radius 3 is 2.83 bits per heavy atom. The average Bonchev–Trinajstić information content (AvgIpc) is 3.09. The van der Waals surface area contributed by atoms with Gasteiger partial charge in [0.2, 0.25) is 5.91 Å². The maximum absolute atomic E-state index is 13.2. The topological polar surface area (TPSA) is 41.5 Å². The van der Waals surface area contributed by atoms with Crippen molar-refractivity contribution in [3.8, 4) is 0 Å². The SMILES string of the molecule is CC1=CCC(C(=O)N/N=C/c2cccs2)C(c2ccc(F)cc2)C1. The molecule has 0 bridgehead atoms. The van der Waals surface area contributed by atoms with Crippen molar-refractivity contribution in [2.24, 2.45) is 11.0 Å². The van der Waals surface area contributed by atoms with Gasteiger partial charge in [0.1, 0.15) is 5.82 Å². The van der Waals surface area contributed by atoms with Crippen LogP contribution in [-0.2, 0) is 4.79 Å². The quantitative estimate of drug-likeness (QED) is 0.497. The minimum absolute atomic E-state index is 0.0486. The van der Waals surface area contributed by atoms with Gasteiger partial charge in [0.15, 0.2) is 0 Å². The molecule has 3 nitrogen and oxygen atoms in total. The van der Waals surface area contributed by atoms with Gasteiger partial charge in [-0.15, -0.1) is 11.3 Å². The molecule has 2 aromatic rings. The molecule has 0 spiro atoms. The summed E-state index contributed by atoms with van der Waals surface area (Å²) in [5, 5.41) is 6.02. The van der Waals surface area contributed by atoms with Crippen LogP contribution in [0.5, 0.6) is 0 Å². The van der Waals surface area contributed by atoms with E-state index in [1.54, 1.807) is 29.7 Å². The molecule has 1 amide bonds. The zero-order valence-corrected chi connectivity index (χ0v) is 14.2. The van der Waals surface area contributed by atoms with Crippen LogP contribution in [0.25, 0.3) is 0 Å². The Balaban J connectivity index is 1.73. The maximum Gasteiger partial charge on any atom is 0.244 e. The van der Waals surface area contributed by atoms with Gasteiger partial charge in [0.25, 0.3) is 0 Å². The molecule has 3 rings (SSSR count). The first-order valence-electron chi connectivity index (χ1n) is 7.91. The largest absolute Gasteiger partial charge is 0.273 e. The molecule has 1 aromatic carbocycles. The Hall–Kier alpha value is -2.27. The van der Waals surface area contributed by atoms with Gasteiger partial charge >= 0.3 is 0 Å². The number of amides is 1. The molecule has 5 heteroatoms. The fourth-order valence-electron chi connectivity index (χ4n) is 3.02. The molecule has 1 N–H and O–H groups in total. The van der Waals surface area contributed by atoms with Gasteiger partial charge in [-0.3, -0.25) is 4.79 Å². The van der Waals surface area contributed by atoms with Crippen LogP contribution in [0.3, 0.4) is 0 Å². The van der Waals surface area contributed by atoms with Gasteiger partial charge in [0.05, 0.1) is 12.1 Å². The zero-order chi connectivity index (χ0) is 16.9. The van der Waals surface area contributed by atoms with Crippen molar-refractivity contribution in [1.29, 1.82) is 0 Å². The summed E-state index contributed by atoms with van der Waals surface area (Å²) >= 11 is 1.56. The van der Waals surface area contributed by atoms with Crippen LogP contribution in [0.1, 0.15) is 36.1 Å². The number of hydrazone groups is 1. The normalized spacial score (nSPS) is 20.8. The van der Waals surface area contributed by atoms with Crippen molar-refractivity contribution >= 4 is 23.5 Å². The third-order valence-corrected chi connectivity index (χ3v) is 5.10. The molecule has 1 aliphatic carbocycles. The Morgan fingerprint density at radius 2 is 2.12 bits per heavy atom. The van der Waals surface area contributed by atoms with Crippen LogP contribution in [0, 0.1) is 11.7 Å². The molecule has 2 unspecified atom stereocenters. The minimum atomic E-state index is -0.261. The van der Waals surface area contributed by atoms with E-state index in [1.807, 2.05) is 17.5 Å². The molecule has 1 heterocycles. The first kappa shape index (κ1) is 16.6. The first-order chi connectivity index (χ1) is 11.6. The predicted molar refractivity (Wildman–Crippen MR) is 95.7 cm³/mol. The Bertz CT molecular complexity index is 750. The van der Waals surface area contributed by atoms with E-state index >= 15 is 0 Å². The lowest BCUT2D eigenvalue weighted by molar-refractivity contribution is -0.125. The number of carbonyl (C=O) groups is 1. The lowest BCUT2D eigenvalue weighted by Gasteiger charge is -2.29. The van der Waals surface area contributed by atoms with Gasteiger partial charge < -0.3 is 0 Å². The van der Waals surface area contributed by atoms with Crippen LogP contribution >= 0.6 is 11.3 Å². The Morgan fingerprint density at radius 1 is 1.33 bits per heavy atom. The number of nitrogens with one attached hydrogen (secondary N) is 1. The van der Waals surface area contributed by atoms with Gasteiger partial charge in [-0.25, -0.2) is 9.82 Å². The zero-order valence-electron chi connectivity index (χ0n) is 13.4. The van der Waals surface area contributed by atoms with E-state index in [-0.39, 0.29) is 23.6 Å². The second-order valence-electron chi connectivity index (χ2n) is 6.00. The van der Waals surface area contributed by atoms with E-state index in [4.69, 9.17) is 0 Å². The van der Waals surface area contributed by atoms with Crippen LogP contribution < -0.4 is 5.43 Å². The number of hydrogen-bond donors (Lipinski definition) is 1. The van der Waals surface area contributed by atoms with Crippen LogP contribution in [0.2, 0.25) is 0 Å². The summed E-state index contributed by atoms with van der Waals surface area (Å²) in [6.07, 6.45) is 5.24. The van der Waals surface area contributed by atoms with Crippen LogP contribution in [-0.4, -0.2) is 12.1 Å². The second-order valence-corrected chi connectivity index (χ2v) is 6.98. The highest BCUT2D eigenvalue weighted by Crippen LogP contribution is 2.37. The summed E-state index contributed by atoms with van der Waals surface area (Å²) in [5.74, 6) is -0.503. The summed E-state index contributed by atoms with van der Waals surface area (Å²) in [5.41, 5.74) is 4.90.